The summed E-state index contributed by atoms with van der Waals surface area (Å²) in [6, 6.07) is 78.2. The summed E-state index contributed by atoms with van der Waals surface area (Å²) in [7, 11) is 0. The molecule has 0 unspecified atom stereocenters. The number of hydrogen-bond acceptors (Lipinski definition) is 2. The molecule has 0 aromatic heterocycles. The summed E-state index contributed by atoms with van der Waals surface area (Å²) in [5.74, 6) is 0. The Kier molecular flexibility index (Phi) is 7.06. The number of rotatable bonds is 4. The molecule has 0 saturated carbocycles. The van der Waals surface area contributed by atoms with Crippen LogP contribution in [-0.2, 0) is 0 Å². The summed E-state index contributed by atoms with van der Waals surface area (Å²) in [5, 5.41) is 7.77. The van der Waals surface area contributed by atoms with E-state index in [4.69, 9.17) is 0 Å². The van der Waals surface area contributed by atoms with Crippen LogP contribution in [0.4, 0.5) is 34.1 Å². The molecule has 0 spiro atoms. The quantitative estimate of drug-likeness (QED) is 0.132. The molecule has 10 aromatic rings. The van der Waals surface area contributed by atoms with E-state index < -0.39 is 0 Å². The molecule has 10 aromatic carbocycles. The monoisotopic (exact) mass is 722 g/mol. The molecule has 0 aliphatic carbocycles. The van der Waals surface area contributed by atoms with Gasteiger partial charge in [-0.2, -0.15) is 0 Å². The van der Waals surface area contributed by atoms with Gasteiger partial charge < -0.3 is 9.80 Å². The SMILES string of the molecule is c1ccc(N2c3ccccc3B3c4ccccc4N(c4ccccc4)c4cc(-c5ccc(-c6ccc7c8ccccc8c8ccccc8c7c6)cc5)cc2c43)cc1. The van der Waals surface area contributed by atoms with Gasteiger partial charge >= 0.3 is 0 Å². The first kappa shape index (κ1) is 31.9. The maximum atomic E-state index is 2.47. The Bertz CT molecular complexity index is 3040. The normalized spacial score (nSPS) is 12.8. The maximum absolute atomic E-state index is 2.47. The number of fused-ring (bicyclic) bond motifs is 10. The predicted octanol–water partition coefficient (Wildman–Crippen LogP) is 12.6. The summed E-state index contributed by atoms with van der Waals surface area (Å²) in [6.07, 6.45) is 0. The van der Waals surface area contributed by atoms with E-state index in [0.717, 1.165) is 11.4 Å². The molecule has 2 heterocycles. The van der Waals surface area contributed by atoms with Crippen LogP contribution >= 0.6 is 0 Å². The van der Waals surface area contributed by atoms with Crippen LogP contribution in [0.15, 0.2) is 212 Å². The van der Waals surface area contributed by atoms with Crippen LogP contribution < -0.4 is 26.2 Å². The molecule has 0 atom stereocenters. The Balaban J connectivity index is 1.06. The zero-order chi connectivity index (χ0) is 37.5. The Morgan fingerprint density at radius 2 is 0.649 bits per heavy atom. The van der Waals surface area contributed by atoms with E-state index in [9.17, 15) is 0 Å². The van der Waals surface area contributed by atoms with E-state index in [1.54, 1.807) is 0 Å². The van der Waals surface area contributed by atoms with Gasteiger partial charge in [-0.15, -0.1) is 0 Å². The first-order valence-corrected chi connectivity index (χ1v) is 19.8. The number of para-hydroxylation sites is 4. The highest BCUT2D eigenvalue weighted by Gasteiger charge is 2.43. The van der Waals surface area contributed by atoms with Crippen molar-refractivity contribution in [2.24, 2.45) is 0 Å². The minimum absolute atomic E-state index is 0.0971. The lowest BCUT2D eigenvalue weighted by atomic mass is 9.33. The van der Waals surface area contributed by atoms with Gasteiger partial charge in [-0.3, -0.25) is 0 Å². The van der Waals surface area contributed by atoms with Crippen molar-refractivity contribution < 1.29 is 0 Å². The summed E-state index contributed by atoms with van der Waals surface area (Å²) >= 11 is 0. The van der Waals surface area contributed by atoms with Crippen LogP contribution in [0.2, 0.25) is 0 Å². The van der Waals surface area contributed by atoms with Crippen molar-refractivity contribution in [1.82, 2.24) is 0 Å². The van der Waals surface area contributed by atoms with Crippen LogP contribution in [0.3, 0.4) is 0 Å². The van der Waals surface area contributed by atoms with Gasteiger partial charge in [0, 0.05) is 34.1 Å². The molecule has 0 N–H and O–H groups in total. The van der Waals surface area contributed by atoms with E-state index >= 15 is 0 Å². The van der Waals surface area contributed by atoms with Crippen molar-refractivity contribution in [3.05, 3.63) is 212 Å². The van der Waals surface area contributed by atoms with Crippen molar-refractivity contribution in [2.75, 3.05) is 9.80 Å². The topological polar surface area (TPSA) is 6.48 Å². The Morgan fingerprint density at radius 3 is 1.16 bits per heavy atom. The number of anilines is 6. The molecule has 2 nitrogen and oxygen atoms in total. The summed E-state index contributed by atoms with van der Waals surface area (Å²) in [4.78, 5) is 4.95. The fourth-order valence-electron chi connectivity index (χ4n) is 9.72. The maximum Gasteiger partial charge on any atom is 0.252 e. The molecule has 3 heteroatoms. The summed E-state index contributed by atoms with van der Waals surface area (Å²) in [5.41, 5.74) is 15.9. The van der Waals surface area contributed by atoms with E-state index in [1.165, 1.54) is 93.7 Å². The second kappa shape index (κ2) is 12.6. The predicted molar refractivity (Wildman–Crippen MR) is 244 cm³/mol. The van der Waals surface area contributed by atoms with Gasteiger partial charge in [-0.25, -0.2) is 0 Å². The highest BCUT2D eigenvalue weighted by Crippen LogP contribution is 2.46. The molecule has 0 saturated heterocycles. The Hall–Kier alpha value is -7.36. The van der Waals surface area contributed by atoms with Gasteiger partial charge in [0.1, 0.15) is 0 Å². The second-order valence-corrected chi connectivity index (χ2v) is 15.2. The molecular formula is C54H35BN2. The Morgan fingerprint density at radius 1 is 0.263 bits per heavy atom. The van der Waals surface area contributed by atoms with Crippen molar-refractivity contribution >= 4 is 89.5 Å². The minimum Gasteiger partial charge on any atom is -0.311 e. The molecule has 264 valence electrons. The molecule has 2 aliphatic rings. The van der Waals surface area contributed by atoms with Crippen LogP contribution in [0, 0.1) is 0 Å². The largest absolute Gasteiger partial charge is 0.311 e. The van der Waals surface area contributed by atoms with E-state index in [1.807, 2.05) is 0 Å². The molecule has 2 aliphatic heterocycles. The van der Waals surface area contributed by atoms with Gasteiger partial charge in [-0.1, -0.05) is 158 Å². The molecule has 0 fully saturated rings. The number of hydrogen-bond donors (Lipinski definition) is 0. The van der Waals surface area contributed by atoms with Crippen LogP contribution in [0.1, 0.15) is 0 Å². The highest BCUT2D eigenvalue weighted by molar-refractivity contribution is 7.00. The van der Waals surface area contributed by atoms with Crippen molar-refractivity contribution in [1.29, 1.82) is 0 Å². The lowest BCUT2D eigenvalue weighted by molar-refractivity contribution is 1.25. The fourth-order valence-corrected chi connectivity index (χ4v) is 9.72. The van der Waals surface area contributed by atoms with Crippen molar-refractivity contribution in [2.45, 2.75) is 0 Å². The van der Waals surface area contributed by atoms with E-state index in [-0.39, 0.29) is 6.71 Å². The minimum atomic E-state index is 0.0971. The lowest BCUT2D eigenvalue weighted by Crippen LogP contribution is -2.61. The number of benzene rings is 10. The van der Waals surface area contributed by atoms with E-state index in [2.05, 4.69) is 222 Å². The van der Waals surface area contributed by atoms with Crippen LogP contribution in [0.5, 0.6) is 0 Å². The van der Waals surface area contributed by atoms with E-state index in [0.29, 0.717) is 0 Å². The van der Waals surface area contributed by atoms with Gasteiger partial charge in [0.05, 0.1) is 0 Å². The van der Waals surface area contributed by atoms with Crippen molar-refractivity contribution in [3.63, 3.8) is 0 Å². The van der Waals surface area contributed by atoms with Crippen LogP contribution in [-0.4, -0.2) is 6.71 Å². The first-order chi connectivity index (χ1) is 28.3. The molecular weight excluding hydrogens is 687 g/mol. The fraction of sp³-hybridized carbons (Fsp3) is 0. The third kappa shape index (κ3) is 4.86. The van der Waals surface area contributed by atoms with Gasteiger partial charge in [0.25, 0.3) is 6.71 Å². The van der Waals surface area contributed by atoms with Crippen molar-refractivity contribution in [3.8, 4) is 22.3 Å². The van der Waals surface area contributed by atoms with Gasteiger partial charge in [0.2, 0.25) is 0 Å². The summed E-state index contributed by atoms with van der Waals surface area (Å²) in [6.45, 7) is 0.0971. The highest BCUT2D eigenvalue weighted by atomic mass is 15.2. The third-order valence-electron chi connectivity index (χ3n) is 12.2. The number of nitrogens with zero attached hydrogens (tertiary/aromatic N) is 2. The average molecular weight is 723 g/mol. The molecule has 0 radical (unpaired) electrons. The second-order valence-electron chi connectivity index (χ2n) is 15.2. The lowest BCUT2D eigenvalue weighted by Gasteiger charge is -2.44. The third-order valence-corrected chi connectivity index (χ3v) is 12.2. The molecule has 12 rings (SSSR count). The average Bonchev–Trinajstić information content (AvgIpc) is 3.29. The standard InChI is InChI=1S/C54H35BN2/c1-3-15-40(16-4-1)56-50-25-13-11-23-48(50)55-49-24-12-14-26-51(49)57(41-17-5-2-6-18-41)53-35-39(34-52(56)54(53)55)37-29-27-36(28-30-37)38-31-32-46-44-21-8-7-19-42(44)43-20-9-10-22-45(43)47(46)33-38/h1-35H. The molecule has 0 bridgehead atoms. The summed E-state index contributed by atoms with van der Waals surface area (Å²) < 4.78 is 0. The Labute approximate surface area is 332 Å². The zero-order valence-corrected chi connectivity index (χ0v) is 31.2. The zero-order valence-electron chi connectivity index (χ0n) is 31.2. The molecule has 0 amide bonds. The van der Waals surface area contributed by atoms with Gasteiger partial charge in [-0.05, 0) is 126 Å². The van der Waals surface area contributed by atoms with Gasteiger partial charge in [0.15, 0.2) is 0 Å². The first-order valence-electron chi connectivity index (χ1n) is 19.8. The smallest absolute Gasteiger partial charge is 0.252 e. The molecule has 57 heavy (non-hydrogen) atoms. The van der Waals surface area contributed by atoms with Crippen LogP contribution in [0.25, 0.3) is 54.6 Å².